The van der Waals surface area contributed by atoms with Gasteiger partial charge in [-0.1, -0.05) is 13.8 Å². The first kappa shape index (κ1) is 12.3. The first-order valence-electron chi connectivity index (χ1n) is 4.30. The average molecular weight is 191 g/mol. The van der Waals surface area contributed by atoms with Crippen LogP contribution in [0.2, 0.25) is 0 Å². The Bertz CT molecular complexity index is 117. The Hall–Kier alpha value is 0.270. The molecule has 74 valence electrons. The maximum Gasteiger partial charge on any atom is 0.0494 e. The zero-order chi connectivity index (χ0) is 9.61. The van der Waals surface area contributed by atoms with Gasteiger partial charge >= 0.3 is 0 Å². The molecule has 0 aliphatic heterocycles. The van der Waals surface area contributed by atoms with Crippen LogP contribution in [0.3, 0.4) is 0 Å². The lowest BCUT2D eigenvalue weighted by molar-refractivity contribution is 0.118. The maximum absolute atomic E-state index is 9.04. The van der Waals surface area contributed by atoms with Gasteiger partial charge in [0.1, 0.15) is 0 Å². The maximum atomic E-state index is 9.04. The second-order valence-corrected chi connectivity index (χ2v) is 5.04. The molecule has 0 aliphatic carbocycles. The van der Waals surface area contributed by atoms with Gasteiger partial charge in [0.05, 0.1) is 0 Å². The summed E-state index contributed by atoms with van der Waals surface area (Å²) in [5.41, 5.74) is 0.0349. The van der Waals surface area contributed by atoms with E-state index in [4.69, 9.17) is 5.11 Å². The molecule has 0 radical (unpaired) electrons. The van der Waals surface area contributed by atoms with E-state index < -0.39 is 0 Å². The molecule has 2 nitrogen and oxygen atoms in total. The van der Waals surface area contributed by atoms with Crippen molar-refractivity contribution in [3.05, 3.63) is 0 Å². The highest BCUT2D eigenvalue weighted by molar-refractivity contribution is 7.98. The van der Waals surface area contributed by atoms with E-state index in [-0.39, 0.29) is 12.0 Å². The molecule has 3 heteroatoms. The van der Waals surface area contributed by atoms with Gasteiger partial charge in [0.15, 0.2) is 0 Å². The Morgan fingerprint density at radius 1 is 1.42 bits per heavy atom. The molecule has 0 aliphatic rings. The van der Waals surface area contributed by atoms with Crippen molar-refractivity contribution in [2.75, 3.05) is 38.8 Å². The summed E-state index contributed by atoms with van der Waals surface area (Å²) in [7, 11) is 2.10. The van der Waals surface area contributed by atoms with Crippen molar-refractivity contribution in [3.63, 3.8) is 0 Å². The van der Waals surface area contributed by atoms with Crippen molar-refractivity contribution in [1.82, 2.24) is 4.90 Å². The molecule has 0 amide bonds. The van der Waals surface area contributed by atoms with Crippen molar-refractivity contribution in [1.29, 1.82) is 0 Å². The van der Waals surface area contributed by atoms with Gasteiger partial charge in [-0.25, -0.2) is 0 Å². The third-order valence-electron chi connectivity index (χ3n) is 1.80. The minimum atomic E-state index is 0.0349. The van der Waals surface area contributed by atoms with Gasteiger partial charge in [-0.2, -0.15) is 11.8 Å². The topological polar surface area (TPSA) is 23.5 Å². The molecule has 0 heterocycles. The molecule has 0 rings (SSSR count). The Morgan fingerprint density at radius 3 is 2.42 bits per heavy atom. The lowest BCUT2D eigenvalue weighted by Gasteiger charge is -2.28. The van der Waals surface area contributed by atoms with Gasteiger partial charge in [-0.05, 0) is 13.3 Å². The van der Waals surface area contributed by atoms with Crippen LogP contribution in [0.15, 0.2) is 0 Å². The summed E-state index contributed by atoms with van der Waals surface area (Å²) in [6.07, 6.45) is 2.12. The molecule has 0 atom stereocenters. The molecule has 0 unspecified atom stereocenters. The molecular weight excluding hydrogens is 170 g/mol. The summed E-state index contributed by atoms with van der Waals surface area (Å²) in [6, 6.07) is 0. The zero-order valence-electron chi connectivity index (χ0n) is 8.63. The summed E-state index contributed by atoms with van der Waals surface area (Å²) in [4.78, 5) is 2.27. The molecule has 0 aromatic heterocycles. The van der Waals surface area contributed by atoms with E-state index in [2.05, 4.69) is 32.1 Å². The smallest absolute Gasteiger partial charge is 0.0494 e. The van der Waals surface area contributed by atoms with Crippen molar-refractivity contribution in [3.8, 4) is 0 Å². The lowest BCUT2D eigenvalue weighted by Crippen LogP contribution is -2.35. The highest BCUT2D eigenvalue weighted by Crippen LogP contribution is 2.14. The normalized spacial score (nSPS) is 12.5. The Labute approximate surface area is 80.3 Å². The first-order chi connectivity index (χ1) is 5.52. The van der Waals surface area contributed by atoms with Crippen LogP contribution in [0.1, 0.15) is 13.8 Å². The molecule has 0 aromatic rings. The van der Waals surface area contributed by atoms with Gasteiger partial charge in [0, 0.05) is 30.9 Å². The van der Waals surface area contributed by atoms with Crippen molar-refractivity contribution >= 4 is 11.8 Å². The van der Waals surface area contributed by atoms with E-state index in [1.54, 1.807) is 0 Å². The monoisotopic (exact) mass is 191 g/mol. The number of nitrogens with zero attached hydrogens (tertiary/aromatic N) is 1. The third kappa shape index (κ3) is 5.86. The Kier molecular flexibility index (Phi) is 5.97. The Balaban J connectivity index is 3.60. The van der Waals surface area contributed by atoms with Gasteiger partial charge in [-0.3, -0.25) is 0 Å². The first-order valence-corrected chi connectivity index (χ1v) is 5.69. The summed E-state index contributed by atoms with van der Waals surface area (Å²) < 4.78 is 0. The molecule has 0 saturated heterocycles. The molecule has 0 bridgehead atoms. The molecular formula is C9H21NOS. The highest BCUT2D eigenvalue weighted by Gasteiger charge is 2.18. The number of aliphatic hydroxyl groups is 1. The van der Waals surface area contributed by atoms with Crippen LogP contribution in [0, 0.1) is 5.41 Å². The van der Waals surface area contributed by atoms with E-state index in [0.717, 1.165) is 18.8 Å². The quantitative estimate of drug-likeness (QED) is 0.684. The molecule has 0 aromatic carbocycles. The van der Waals surface area contributed by atoms with E-state index >= 15 is 0 Å². The van der Waals surface area contributed by atoms with Crippen molar-refractivity contribution < 1.29 is 5.11 Å². The number of hydrogen-bond donors (Lipinski definition) is 1. The van der Waals surface area contributed by atoms with E-state index in [1.165, 1.54) is 0 Å². The summed E-state index contributed by atoms with van der Waals surface area (Å²) >= 11 is 1.86. The second kappa shape index (κ2) is 5.84. The summed E-state index contributed by atoms with van der Waals surface area (Å²) in [6.45, 7) is 6.50. The molecule has 0 fully saturated rings. The fourth-order valence-corrected chi connectivity index (χ4v) is 1.60. The van der Waals surface area contributed by atoms with Crippen LogP contribution < -0.4 is 0 Å². The second-order valence-electron chi connectivity index (χ2n) is 4.05. The van der Waals surface area contributed by atoms with Crippen LogP contribution in [-0.4, -0.2) is 48.8 Å². The number of hydrogen-bond acceptors (Lipinski definition) is 3. The molecule has 0 spiro atoms. The van der Waals surface area contributed by atoms with Crippen LogP contribution in [-0.2, 0) is 0 Å². The standard InChI is InChI=1S/C9H21NOS/c1-9(2,8-11)7-10(3)5-6-12-4/h11H,5-8H2,1-4H3. The minimum Gasteiger partial charge on any atom is -0.396 e. The Morgan fingerprint density at radius 2 is 2.00 bits per heavy atom. The van der Waals surface area contributed by atoms with E-state index in [0.29, 0.717) is 0 Å². The zero-order valence-corrected chi connectivity index (χ0v) is 9.45. The molecule has 12 heavy (non-hydrogen) atoms. The van der Waals surface area contributed by atoms with Crippen LogP contribution in [0.4, 0.5) is 0 Å². The average Bonchev–Trinajstić information content (AvgIpc) is 2.00. The predicted octanol–water partition coefficient (Wildman–Crippen LogP) is 1.30. The van der Waals surface area contributed by atoms with Crippen molar-refractivity contribution in [2.24, 2.45) is 5.41 Å². The lowest BCUT2D eigenvalue weighted by atomic mass is 9.94. The summed E-state index contributed by atoms with van der Waals surface area (Å²) in [5.74, 6) is 1.16. The SMILES string of the molecule is CSCCN(C)CC(C)(C)CO. The third-order valence-corrected chi connectivity index (χ3v) is 2.39. The van der Waals surface area contributed by atoms with Gasteiger partial charge in [0.2, 0.25) is 0 Å². The summed E-state index contributed by atoms with van der Waals surface area (Å²) in [5, 5.41) is 9.04. The molecule has 1 N–H and O–H groups in total. The highest BCUT2D eigenvalue weighted by atomic mass is 32.2. The fourth-order valence-electron chi connectivity index (χ4n) is 1.11. The number of aliphatic hydroxyl groups excluding tert-OH is 1. The number of rotatable bonds is 6. The van der Waals surface area contributed by atoms with Gasteiger partial charge < -0.3 is 10.0 Å². The van der Waals surface area contributed by atoms with E-state index in [9.17, 15) is 0 Å². The predicted molar refractivity (Wildman–Crippen MR) is 56.7 cm³/mol. The van der Waals surface area contributed by atoms with Crippen LogP contribution in [0.25, 0.3) is 0 Å². The van der Waals surface area contributed by atoms with Gasteiger partial charge in [0.25, 0.3) is 0 Å². The number of thioether (sulfide) groups is 1. The van der Waals surface area contributed by atoms with Gasteiger partial charge in [-0.15, -0.1) is 0 Å². The van der Waals surface area contributed by atoms with Crippen molar-refractivity contribution in [2.45, 2.75) is 13.8 Å². The minimum absolute atomic E-state index is 0.0349. The van der Waals surface area contributed by atoms with Crippen LogP contribution >= 0.6 is 11.8 Å². The molecule has 0 saturated carbocycles. The largest absolute Gasteiger partial charge is 0.396 e. The van der Waals surface area contributed by atoms with E-state index in [1.807, 2.05) is 11.8 Å². The fraction of sp³-hybridized carbons (Fsp3) is 1.00. The van der Waals surface area contributed by atoms with Crippen LogP contribution in [0.5, 0.6) is 0 Å².